The zero-order valence-electron chi connectivity index (χ0n) is 9.66. The molecule has 0 saturated heterocycles. The fourth-order valence-electron chi connectivity index (χ4n) is 1.74. The molecule has 1 heterocycles. The van der Waals surface area contributed by atoms with Gasteiger partial charge in [-0.05, 0) is 26.0 Å². The molecule has 0 bridgehead atoms. The van der Waals surface area contributed by atoms with E-state index in [1.807, 2.05) is 32.0 Å². The van der Waals surface area contributed by atoms with E-state index < -0.39 is 0 Å². The summed E-state index contributed by atoms with van der Waals surface area (Å²) in [6.45, 7) is 3.74. The van der Waals surface area contributed by atoms with Gasteiger partial charge in [0.05, 0.1) is 22.1 Å². The summed E-state index contributed by atoms with van der Waals surface area (Å²) in [5.74, 6) is 0.0178. The molecule has 0 aliphatic heterocycles. The molecule has 0 spiro atoms. The number of nitrogen functional groups attached to an aromatic ring is 1. The summed E-state index contributed by atoms with van der Waals surface area (Å²) in [5.41, 5.74) is 8.59. The summed E-state index contributed by atoms with van der Waals surface area (Å²) < 4.78 is 1.72. The van der Waals surface area contributed by atoms with E-state index in [2.05, 4.69) is 5.10 Å². The minimum Gasteiger partial charge on any atom is -0.384 e. The van der Waals surface area contributed by atoms with Crippen molar-refractivity contribution in [2.24, 2.45) is 5.73 Å². The number of nitrogens with two attached hydrogens (primary N) is 1. The lowest BCUT2D eigenvalue weighted by Crippen LogP contribution is -2.15. The summed E-state index contributed by atoms with van der Waals surface area (Å²) in [4.78, 5) is 0. The first-order valence-electron chi connectivity index (χ1n) is 5.18. The third kappa shape index (κ3) is 1.91. The minimum absolute atomic E-state index is 0.0178. The molecule has 0 saturated carbocycles. The Morgan fingerprint density at radius 3 is 2.53 bits per heavy atom. The van der Waals surface area contributed by atoms with Crippen LogP contribution in [0.2, 0.25) is 5.02 Å². The van der Waals surface area contributed by atoms with Crippen LogP contribution in [0.4, 0.5) is 0 Å². The van der Waals surface area contributed by atoms with Gasteiger partial charge in [-0.15, -0.1) is 0 Å². The highest BCUT2D eigenvalue weighted by Crippen LogP contribution is 2.23. The standard InChI is InChI=1S/C12H13ClN4/c1-7-11(13)8(2)17(16-7)10-6-4-3-5-9(10)12(14)15/h3-6H,1-2H3,(H3,14,15). The third-order valence-electron chi connectivity index (χ3n) is 2.63. The molecule has 2 aromatic rings. The molecule has 1 aromatic carbocycles. The molecule has 0 unspecified atom stereocenters. The molecular weight excluding hydrogens is 236 g/mol. The smallest absolute Gasteiger partial charge is 0.124 e. The summed E-state index contributed by atoms with van der Waals surface area (Å²) in [6, 6.07) is 7.38. The maximum Gasteiger partial charge on any atom is 0.124 e. The number of halogens is 1. The summed E-state index contributed by atoms with van der Waals surface area (Å²) in [7, 11) is 0. The number of benzene rings is 1. The second-order valence-electron chi connectivity index (χ2n) is 3.83. The molecule has 0 aliphatic rings. The van der Waals surface area contributed by atoms with Crippen LogP contribution in [0.25, 0.3) is 5.69 Å². The largest absolute Gasteiger partial charge is 0.384 e. The summed E-state index contributed by atoms with van der Waals surface area (Å²) >= 11 is 6.11. The van der Waals surface area contributed by atoms with Gasteiger partial charge in [0.25, 0.3) is 0 Å². The van der Waals surface area contributed by atoms with Crippen LogP contribution in [0.15, 0.2) is 24.3 Å². The van der Waals surface area contributed by atoms with Gasteiger partial charge in [0.1, 0.15) is 5.84 Å². The lowest BCUT2D eigenvalue weighted by molar-refractivity contribution is 0.831. The van der Waals surface area contributed by atoms with E-state index in [-0.39, 0.29) is 5.84 Å². The maximum atomic E-state index is 7.56. The monoisotopic (exact) mass is 248 g/mol. The van der Waals surface area contributed by atoms with Crippen LogP contribution < -0.4 is 5.73 Å². The normalized spacial score (nSPS) is 10.5. The summed E-state index contributed by atoms with van der Waals surface area (Å²) in [6.07, 6.45) is 0. The number of hydrogen-bond acceptors (Lipinski definition) is 2. The van der Waals surface area contributed by atoms with Gasteiger partial charge in [-0.3, -0.25) is 5.41 Å². The second kappa shape index (κ2) is 4.22. The highest BCUT2D eigenvalue weighted by Gasteiger charge is 2.14. The molecule has 0 amide bonds. The number of amidine groups is 1. The lowest BCUT2D eigenvalue weighted by atomic mass is 10.1. The maximum absolute atomic E-state index is 7.56. The van der Waals surface area contributed by atoms with E-state index in [0.717, 1.165) is 17.1 Å². The molecule has 2 rings (SSSR count). The molecule has 88 valence electrons. The van der Waals surface area contributed by atoms with Crippen molar-refractivity contribution >= 4 is 17.4 Å². The molecule has 4 nitrogen and oxygen atoms in total. The fraction of sp³-hybridized carbons (Fsp3) is 0.167. The number of aromatic nitrogens is 2. The number of nitrogens with zero attached hydrogens (tertiary/aromatic N) is 2. The van der Waals surface area contributed by atoms with Crippen molar-refractivity contribution in [2.45, 2.75) is 13.8 Å². The molecule has 0 aliphatic carbocycles. The van der Waals surface area contributed by atoms with Gasteiger partial charge >= 0.3 is 0 Å². The fourth-order valence-corrected chi connectivity index (χ4v) is 1.86. The number of aryl methyl sites for hydroxylation is 1. The Bertz CT molecular complexity index is 586. The van der Waals surface area contributed by atoms with Crippen LogP contribution in [-0.4, -0.2) is 15.6 Å². The Morgan fingerprint density at radius 2 is 2.00 bits per heavy atom. The van der Waals surface area contributed by atoms with Gasteiger partial charge in [-0.1, -0.05) is 23.7 Å². The SMILES string of the molecule is Cc1nn(-c2ccccc2C(=N)N)c(C)c1Cl. The summed E-state index contributed by atoms with van der Waals surface area (Å²) in [5, 5.41) is 12.6. The number of rotatable bonds is 2. The topological polar surface area (TPSA) is 67.7 Å². The van der Waals surface area contributed by atoms with Gasteiger partial charge in [0.2, 0.25) is 0 Å². The zero-order valence-corrected chi connectivity index (χ0v) is 10.4. The zero-order chi connectivity index (χ0) is 12.6. The van der Waals surface area contributed by atoms with Crippen LogP contribution in [0.3, 0.4) is 0 Å². The van der Waals surface area contributed by atoms with Crippen molar-refractivity contribution in [1.82, 2.24) is 9.78 Å². The van der Waals surface area contributed by atoms with Crippen molar-refractivity contribution in [3.63, 3.8) is 0 Å². The predicted octanol–water partition coefficient (Wildman–Crippen LogP) is 2.43. The minimum atomic E-state index is 0.0178. The first-order chi connectivity index (χ1) is 8.02. The molecule has 0 radical (unpaired) electrons. The van der Waals surface area contributed by atoms with Crippen LogP contribution in [0.5, 0.6) is 0 Å². The molecule has 3 N–H and O–H groups in total. The Hall–Kier alpha value is -1.81. The van der Waals surface area contributed by atoms with Gasteiger partial charge in [0.15, 0.2) is 0 Å². The van der Waals surface area contributed by atoms with Gasteiger partial charge in [-0.25, -0.2) is 4.68 Å². The van der Waals surface area contributed by atoms with E-state index in [4.69, 9.17) is 22.7 Å². The third-order valence-corrected chi connectivity index (χ3v) is 3.17. The van der Waals surface area contributed by atoms with Crippen LogP contribution in [-0.2, 0) is 0 Å². The van der Waals surface area contributed by atoms with E-state index in [1.54, 1.807) is 10.7 Å². The Morgan fingerprint density at radius 1 is 1.35 bits per heavy atom. The van der Waals surface area contributed by atoms with E-state index in [0.29, 0.717) is 10.6 Å². The lowest BCUT2D eigenvalue weighted by Gasteiger charge is -2.09. The number of para-hydroxylation sites is 1. The molecular formula is C12H13ClN4. The number of hydrogen-bond donors (Lipinski definition) is 2. The van der Waals surface area contributed by atoms with Gasteiger partial charge in [-0.2, -0.15) is 5.10 Å². The highest BCUT2D eigenvalue weighted by atomic mass is 35.5. The van der Waals surface area contributed by atoms with Crippen LogP contribution in [0, 0.1) is 19.3 Å². The first-order valence-corrected chi connectivity index (χ1v) is 5.55. The average molecular weight is 249 g/mol. The molecule has 0 fully saturated rings. The van der Waals surface area contributed by atoms with E-state index >= 15 is 0 Å². The van der Waals surface area contributed by atoms with Gasteiger partial charge < -0.3 is 5.73 Å². The Kier molecular flexibility index (Phi) is 2.90. The van der Waals surface area contributed by atoms with Crippen LogP contribution in [0.1, 0.15) is 17.0 Å². The second-order valence-corrected chi connectivity index (χ2v) is 4.21. The van der Waals surface area contributed by atoms with Crippen molar-refractivity contribution in [1.29, 1.82) is 5.41 Å². The molecule has 0 atom stereocenters. The predicted molar refractivity (Wildman–Crippen MR) is 69.1 cm³/mol. The highest BCUT2D eigenvalue weighted by molar-refractivity contribution is 6.31. The van der Waals surface area contributed by atoms with Crippen molar-refractivity contribution in [2.75, 3.05) is 0 Å². The van der Waals surface area contributed by atoms with Crippen molar-refractivity contribution < 1.29 is 0 Å². The number of nitrogens with one attached hydrogen (secondary N) is 1. The molecule has 1 aromatic heterocycles. The van der Waals surface area contributed by atoms with Crippen molar-refractivity contribution in [3.05, 3.63) is 46.2 Å². The quantitative estimate of drug-likeness (QED) is 0.633. The Balaban J connectivity index is 2.68. The van der Waals surface area contributed by atoms with Gasteiger partial charge in [0, 0.05) is 5.56 Å². The van der Waals surface area contributed by atoms with Crippen LogP contribution >= 0.6 is 11.6 Å². The van der Waals surface area contributed by atoms with Crippen molar-refractivity contribution in [3.8, 4) is 5.69 Å². The molecule has 5 heteroatoms. The van der Waals surface area contributed by atoms with E-state index in [9.17, 15) is 0 Å². The van der Waals surface area contributed by atoms with E-state index in [1.165, 1.54) is 0 Å². The molecule has 17 heavy (non-hydrogen) atoms. The first kappa shape index (κ1) is 11.7. The average Bonchev–Trinajstić information content (AvgIpc) is 2.57. The Labute approximate surface area is 105 Å².